The molecule has 3 heterocycles. The molecule has 0 N–H and O–H groups in total. The molecule has 37 heavy (non-hydrogen) atoms. The molecular weight excluding hydrogens is 568 g/mol. The first-order valence-electron chi connectivity index (χ1n) is 11.6. The smallest absolute Gasteiger partial charge is 0.124 e. The third kappa shape index (κ3) is 5.00. The minimum atomic E-state index is 0.628. The average molecular weight is 588 g/mol. The Kier molecular flexibility index (Phi) is 6.46. The Bertz CT molecular complexity index is 1670. The van der Waals surface area contributed by atoms with Gasteiger partial charge in [0.15, 0.2) is 0 Å². The third-order valence-electron chi connectivity index (χ3n) is 5.91. The van der Waals surface area contributed by atoms with E-state index in [1.54, 1.807) is 11.3 Å². The van der Waals surface area contributed by atoms with E-state index in [1.165, 1.54) is 0 Å². The number of benzene rings is 3. The number of hydrogen-bond acceptors (Lipinski definition) is 5. The van der Waals surface area contributed by atoms with Crippen LogP contribution in [-0.2, 0) is 6.54 Å². The number of rotatable bonds is 6. The molecule has 182 valence electrons. The second-order valence-electron chi connectivity index (χ2n) is 8.54. The molecule has 6 nitrogen and oxygen atoms in total. The first-order chi connectivity index (χ1) is 18.0. The summed E-state index contributed by atoms with van der Waals surface area (Å²) in [5.74, 6) is 0. The van der Waals surface area contributed by atoms with Crippen molar-refractivity contribution in [3.05, 3.63) is 112 Å². The van der Waals surface area contributed by atoms with Gasteiger partial charge >= 0.3 is 0 Å². The molecule has 0 aliphatic carbocycles. The predicted molar refractivity (Wildman–Crippen MR) is 152 cm³/mol. The van der Waals surface area contributed by atoms with Gasteiger partial charge in [-0.25, -0.2) is 14.3 Å². The van der Waals surface area contributed by atoms with E-state index in [9.17, 15) is 0 Å². The number of nitrogens with zero attached hydrogens (tertiary/aromatic N) is 6. The molecule has 0 amide bonds. The van der Waals surface area contributed by atoms with Crippen molar-refractivity contribution >= 4 is 38.9 Å². The van der Waals surface area contributed by atoms with Gasteiger partial charge in [0.2, 0.25) is 0 Å². The largest absolute Gasteiger partial charge is 0.247 e. The maximum absolute atomic E-state index is 6.09. The second kappa shape index (κ2) is 10.0. The minimum Gasteiger partial charge on any atom is -0.247 e. The van der Waals surface area contributed by atoms with Gasteiger partial charge in [0, 0.05) is 21.3 Å². The Morgan fingerprint density at radius 1 is 0.919 bits per heavy atom. The van der Waals surface area contributed by atoms with Crippen LogP contribution in [0.1, 0.15) is 11.3 Å². The van der Waals surface area contributed by atoms with Gasteiger partial charge in [-0.15, -0.1) is 16.4 Å². The second-order valence-corrected chi connectivity index (χ2v) is 10.9. The van der Waals surface area contributed by atoms with Crippen LogP contribution in [0.25, 0.3) is 38.1 Å². The molecule has 0 aliphatic heterocycles. The molecular formula is C28H20BrClN6S. The summed E-state index contributed by atoms with van der Waals surface area (Å²) < 4.78 is 4.78. The highest BCUT2D eigenvalue weighted by Crippen LogP contribution is 2.39. The molecule has 0 radical (unpaired) electrons. The summed E-state index contributed by atoms with van der Waals surface area (Å²) in [6.45, 7) is 2.64. The lowest BCUT2D eigenvalue weighted by Crippen LogP contribution is -1.99. The molecule has 0 aliphatic rings. The van der Waals surface area contributed by atoms with Crippen molar-refractivity contribution in [1.82, 2.24) is 29.8 Å². The van der Waals surface area contributed by atoms with Gasteiger partial charge in [0.1, 0.15) is 16.4 Å². The number of thiazole rings is 1. The Labute approximate surface area is 231 Å². The van der Waals surface area contributed by atoms with Crippen LogP contribution in [0.5, 0.6) is 0 Å². The van der Waals surface area contributed by atoms with E-state index in [0.717, 1.165) is 53.8 Å². The highest BCUT2D eigenvalue weighted by atomic mass is 79.9. The van der Waals surface area contributed by atoms with Gasteiger partial charge in [-0.1, -0.05) is 75.2 Å². The van der Waals surface area contributed by atoms with E-state index >= 15 is 0 Å². The van der Waals surface area contributed by atoms with Crippen LogP contribution in [0.4, 0.5) is 0 Å². The van der Waals surface area contributed by atoms with Crippen LogP contribution in [0.3, 0.4) is 0 Å². The summed E-state index contributed by atoms with van der Waals surface area (Å²) in [7, 11) is 0. The topological polar surface area (TPSA) is 61.4 Å². The quantitative estimate of drug-likeness (QED) is 0.200. The van der Waals surface area contributed by atoms with E-state index in [-0.39, 0.29) is 0 Å². The lowest BCUT2D eigenvalue weighted by molar-refractivity contribution is 0.650. The molecule has 0 unspecified atom stereocenters. The summed E-state index contributed by atoms with van der Waals surface area (Å²) >= 11 is 11.2. The summed E-state index contributed by atoms with van der Waals surface area (Å²) in [5.41, 5.74) is 6.54. The fourth-order valence-corrected chi connectivity index (χ4v) is 5.51. The Hall–Kier alpha value is -3.59. The van der Waals surface area contributed by atoms with Crippen molar-refractivity contribution in [1.29, 1.82) is 0 Å². The molecule has 3 aromatic carbocycles. The fraction of sp³-hybridized carbons (Fsp3) is 0.0714. The van der Waals surface area contributed by atoms with E-state index in [4.69, 9.17) is 21.7 Å². The Morgan fingerprint density at radius 3 is 2.43 bits per heavy atom. The van der Waals surface area contributed by atoms with Gasteiger partial charge in [-0.2, -0.15) is 5.10 Å². The zero-order valence-electron chi connectivity index (χ0n) is 19.7. The summed E-state index contributed by atoms with van der Waals surface area (Å²) in [4.78, 5) is 5.85. The molecule has 6 rings (SSSR count). The van der Waals surface area contributed by atoms with Crippen molar-refractivity contribution < 1.29 is 0 Å². The number of halogens is 2. The van der Waals surface area contributed by atoms with Crippen molar-refractivity contribution in [2.24, 2.45) is 0 Å². The Morgan fingerprint density at radius 2 is 1.68 bits per heavy atom. The molecule has 0 fully saturated rings. The number of hydrogen-bond donors (Lipinski definition) is 0. The zero-order valence-corrected chi connectivity index (χ0v) is 22.9. The first kappa shape index (κ1) is 23.8. The van der Waals surface area contributed by atoms with Gasteiger partial charge in [0.25, 0.3) is 0 Å². The van der Waals surface area contributed by atoms with Gasteiger partial charge in [0.05, 0.1) is 34.6 Å². The summed E-state index contributed by atoms with van der Waals surface area (Å²) in [6.07, 6.45) is 3.98. The van der Waals surface area contributed by atoms with E-state index in [0.29, 0.717) is 11.6 Å². The predicted octanol–water partition coefficient (Wildman–Crippen LogP) is 7.69. The van der Waals surface area contributed by atoms with Crippen molar-refractivity contribution in [3.8, 4) is 38.1 Å². The number of para-hydroxylation sites is 1. The average Bonchev–Trinajstić information content (AvgIpc) is 3.65. The monoisotopic (exact) mass is 586 g/mol. The first-order valence-corrected chi connectivity index (χ1v) is 13.6. The van der Waals surface area contributed by atoms with Crippen molar-refractivity contribution in [3.63, 3.8) is 0 Å². The van der Waals surface area contributed by atoms with Crippen LogP contribution < -0.4 is 0 Å². The van der Waals surface area contributed by atoms with Crippen molar-refractivity contribution in [2.45, 2.75) is 13.5 Å². The molecule has 0 spiro atoms. The molecule has 0 atom stereocenters. The van der Waals surface area contributed by atoms with Crippen LogP contribution in [0.15, 0.2) is 95.7 Å². The maximum atomic E-state index is 6.09. The van der Waals surface area contributed by atoms with Gasteiger partial charge in [-0.05, 0) is 48.9 Å². The normalized spacial score (nSPS) is 11.2. The van der Waals surface area contributed by atoms with E-state index in [1.807, 2.05) is 95.4 Å². The molecule has 0 bridgehead atoms. The number of aryl methyl sites for hydroxylation is 1. The highest BCUT2D eigenvalue weighted by Gasteiger charge is 2.22. The minimum absolute atomic E-state index is 0.628. The number of aromatic nitrogens is 6. The molecule has 0 saturated carbocycles. The van der Waals surface area contributed by atoms with Crippen LogP contribution in [-0.4, -0.2) is 29.8 Å². The fourth-order valence-electron chi connectivity index (χ4n) is 4.05. The molecule has 0 saturated heterocycles. The highest BCUT2D eigenvalue weighted by molar-refractivity contribution is 9.10. The SMILES string of the molecule is Cc1nc(-c2ccc(Cl)cc2)sc1-c1nn(-c2ccccc2)cc1-c1cn(Cc2ccc(Br)cc2)nn1. The standard InChI is InChI=1S/C28H20BrClN6S/c1-18-27(37-28(31-18)20-9-13-22(30)14-10-20)26-24(16-36(33-26)23-5-3-2-4-6-23)25-17-35(34-32-25)15-19-7-11-21(29)12-8-19/h2-14,16-17H,15H2,1H3. The Balaban J connectivity index is 1.42. The van der Waals surface area contributed by atoms with Crippen LogP contribution >= 0.6 is 38.9 Å². The van der Waals surface area contributed by atoms with Crippen LogP contribution in [0.2, 0.25) is 5.02 Å². The maximum Gasteiger partial charge on any atom is 0.124 e. The summed E-state index contributed by atoms with van der Waals surface area (Å²) in [5, 5.41) is 15.5. The van der Waals surface area contributed by atoms with Gasteiger partial charge in [-0.3, -0.25) is 0 Å². The molecule has 6 aromatic rings. The lowest BCUT2D eigenvalue weighted by atomic mass is 10.1. The molecule has 9 heteroatoms. The van der Waals surface area contributed by atoms with Crippen molar-refractivity contribution in [2.75, 3.05) is 0 Å². The molecule has 3 aromatic heterocycles. The summed E-state index contributed by atoms with van der Waals surface area (Å²) in [6, 6.07) is 26.0. The third-order valence-corrected chi connectivity index (χ3v) is 7.90. The van der Waals surface area contributed by atoms with Gasteiger partial charge < -0.3 is 0 Å². The van der Waals surface area contributed by atoms with Crippen LogP contribution in [0, 0.1) is 6.92 Å². The van der Waals surface area contributed by atoms with E-state index in [2.05, 4.69) is 38.4 Å². The zero-order chi connectivity index (χ0) is 25.4. The lowest BCUT2D eigenvalue weighted by Gasteiger charge is -2.00. The van der Waals surface area contributed by atoms with E-state index < -0.39 is 0 Å².